The molecule has 0 saturated carbocycles. The molecule has 0 aliphatic rings. The normalized spacial score (nSPS) is 11.3. The zero-order valence-corrected chi connectivity index (χ0v) is 21.2. The number of aryl methyl sites for hydroxylation is 1. The molecule has 0 spiro atoms. The molecule has 0 fully saturated rings. The fraction of sp³-hybridized carbons (Fsp3) is 0.308. The maximum Gasteiger partial charge on any atom is 0.418 e. The molecule has 0 atom stereocenters. The quantitative estimate of drug-likeness (QED) is 0.327. The van der Waals surface area contributed by atoms with E-state index in [4.69, 9.17) is 4.74 Å². The minimum absolute atomic E-state index is 0.0231. The van der Waals surface area contributed by atoms with Gasteiger partial charge in [-0.05, 0) is 53.8 Å². The lowest BCUT2D eigenvalue weighted by Gasteiger charge is -2.28. The summed E-state index contributed by atoms with van der Waals surface area (Å²) < 4.78 is 58.6. The van der Waals surface area contributed by atoms with Gasteiger partial charge in [-0.1, -0.05) is 24.3 Å². The van der Waals surface area contributed by atoms with Crippen molar-refractivity contribution in [2.24, 2.45) is 0 Å². The summed E-state index contributed by atoms with van der Waals surface area (Å²) in [5.41, 5.74) is 0.287. The predicted molar refractivity (Wildman–Crippen MR) is 134 cm³/mol. The Balaban J connectivity index is 1.81. The number of nitrogens with zero attached hydrogens (tertiary/aromatic N) is 2. The molecule has 0 saturated heterocycles. The van der Waals surface area contributed by atoms with E-state index < -0.39 is 41.7 Å². The fourth-order valence-electron chi connectivity index (χ4n) is 3.53. The molecule has 198 valence electrons. The molecule has 37 heavy (non-hydrogen) atoms. The van der Waals surface area contributed by atoms with E-state index in [0.717, 1.165) is 27.5 Å². The Labute approximate surface area is 216 Å². The van der Waals surface area contributed by atoms with Crippen LogP contribution in [0.25, 0.3) is 0 Å². The number of ether oxygens (including phenoxy) is 1. The van der Waals surface area contributed by atoms with Gasteiger partial charge >= 0.3 is 12.2 Å². The van der Waals surface area contributed by atoms with Crippen molar-refractivity contribution < 1.29 is 31.9 Å². The number of anilines is 1. The second-order valence-electron chi connectivity index (χ2n) is 8.29. The summed E-state index contributed by atoms with van der Waals surface area (Å²) >= 11 is 1.48. The highest BCUT2D eigenvalue weighted by Gasteiger charge is 2.34. The molecule has 1 heterocycles. The van der Waals surface area contributed by atoms with Crippen LogP contribution in [0.3, 0.4) is 0 Å². The van der Waals surface area contributed by atoms with Crippen LogP contribution in [0.4, 0.5) is 28.0 Å². The van der Waals surface area contributed by atoms with Crippen LogP contribution in [0.1, 0.15) is 21.6 Å². The maximum absolute atomic E-state index is 13.4. The Morgan fingerprint density at radius 2 is 1.70 bits per heavy atom. The topological polar surface area (TPSA) is 61.9 Å². The van der Waals surface area contributed by atoms with Gasteiger partial charge in [0.1, 0.15) is 12.4 Å². The lowest BCUT2D eigenvalue weighted by Crippen LogP contribution is -2.45. The first kappa shape index (κ1) is 28.1. The number of methoxy groups -OCH3 is 1. The van der Waals surface area contributed by atoms with Gasteiger partial charge in [0.15, 0.2) is 0 Å². The zero-order valence-electron chi connectivity index (χ0n) is 20.3. The number of rotatable bonds is 10. The first-order valence-electron chi connectivity index (χ1n) is 11.3. The Hall–Kier alpha value is -3.44. The zero-order chi connectivity index (χ0) is 27.0. The number of hydrogen-bond donors (Lipinski definition) is 1. The van der Waals surface area contributed by atoms with Crippen molar-refractivity contribution in [2.75, 3.05) is 32.1 Å². The number of benzene rings is 2. The summed E-state index contributed by atoms with van der Waals surface area (Å²) in [5, 5.41) is 4.19. The minimum Gasteiger partial charge on any atom is -0.383 e. The van der Waals surface area contributed by atoms with Crippen LogP contribution in [0.5, 0.6) is 0 Å². The van der Waals surface area contributed by atoms with E-state index >= 15 is 0 Å². The third kappa shape index (κ3) is 8.02. The summed E-state index contributed by atoms with van der Waals surface area (Å²) in [6.07, 6.45) is -4.67. The standard InChI is InChI=1S/C26H27F4N3O3S/c1-18-11-14-37-23(18)16-33(15-19-7-9-20(27)10-8-19)24(34)17-32(12-13-36-2)25(35)31-22-6-4-3-5-21(22)26(28,29)30/h3-11,14H,12-13,15-17H2,1-2H3,(H,31,35). The second-order valence-corrected chi connectivity index (χ2v) is 9.29. The first-order valence-corrected chi connectivity index (χ1v) is 12.2. The Morgan fingerprint density at radius 3 is 2.32 bits per heavy atom. The van der Waals surface area contributed by atoms with Crippen LogP contribution in [0.15, 0.2) is 60.0 Å². The SMILES string of the molecule is COCCN(CC(=O)N(Cc1ccc(F)cc1)Cc1sccc1C)C(=O)Nc1ccccc1C(F)(F)F. The van der Waals surface area contributed by atoms with Gasteiger partial charge in [-0.15, -0.1) is 11.3 Å². The molecule has 0 unspecified atom stereocenters. The van der Waals surface area contributed by atoms with Crippen molar-refractivity contribution in [2.45, 2.75) is 26.2 Å². The summed E-state index contributed by atoms with van der Waals surface area (Å²) in [4.78, 5) is 30.0. The number of alkyl halides is 3. The van der Waals surface area contributed by atoms with Crippen molar-refractivity contribution in [3.05, 3.63) is 87.4 Å². The summed E-state index contributed by atoms with van der Waals surface area (Å²) in [6.45, 7) is 2.00. The van der Waals surface area contributed by atoms with Gasteiger partial charge in [0.25, 0.3) is 0 Å². The van der Waals surface area contributed by atoms with Gasteiger partial charge in [-0.2, -0.15) is 13.2 Å². The molecule has 0 aliphatic heterocycles. The number of carbonyl (C=O) groups is 2. The maximum atomic E-state index is 13.4. The second kappa shape index (κ2) is 12.7. The number of hydrogen-bond acceptors (Lipinski definition) is 4. The molecule has 1 N–H and O–H groups in total. The summed E-state index contributed by atoms with van der Waals surface area (Å²) in [5.74, 6) is -0.829. The highest BCUT2D eigenvalue weighted by atomic mass is 32.1. The molecule has 11 heteroatoms. The molecule has 6 nitrogen and oxygen atoms in total. The smallest absolute Gasteiger partial charge is 0.383 e. The van der Waals surface area contributed by atoms with E-state index in [2.05, 4.69) is 5.32 Å². The molecular formula is C26H27F4N3O3S. The third-order valence-corrected chi connectivity index (χ3v) is 6.60. The van der Waals surface area contributed by atoms with Crippen molar-refractivity contribution in [3.63, 3.8) is 0 Å². The van der Waals surface area contributed by atoms with Crippen LogP contribution >= 0.6 is 11.3 Å². The lowest BCUT2D eigenvalue weighted by atomic mass is 10.1. The van der Waals surface area contributed by atoms with Crippen molar-refractivity contribution in [1.82, 2.24) is 9.80 Å². The fourth-order valence-corrected chi connectivity index (χ4v) is 4.45. The number of halogens is 4. The molecule has 2 aromatic carbocycles. The largest absolute Gasteiger partial charge is 0.418 e. The number of thiophene rings is 1. The summed E-state index contributed by atoms with van der Waals surface area (Å²) in [6, 6.07) is 11.4. The van der Waals surface area contributed by atoms with Crippen molar-refractivity contribution in [1.29, 1.82) is 0 Å². The van der Waals surface area contributed by atoms with Gasteiger partial charge < -0.3 is 19.9 Å². The van der Waals surface area contributed by atoms with E-state index in [1.807, 2.05) is 18.4 Å². The van der Waals surface area contributed by atoms with E-state index in [0.29, 0.717) is 5.56 Å². The van der Waals surface area contributed by atoms with E-state index in [9.17, 15) is 27.2 Å². The lowest BCUT2D eigenvalue weighted by molar-refractivity contribution is -0.137. The molecule has 3 rings (SSSR count). The molecule has 3 aromatic rings. The molecule has 0 bridgehead atoms. The molecular weight excluding hydrogens is 510 g/mol. The van der Waals surface area contributed by atoms with Crippen LogP contribution in [-0.2, 0) is 28.8 Å². The van der Waals surface area contributed by atoms with Gasteiger partial charge in [0.05, 0.1) is 24.4 Å². The number of nitrogens with one attached hydrogen (secondary N) is 1. The third-order valence-electron chi connectivity index (χ3n) is 5.59. The van der Waals surface area contributed by atoms with Crippen LogP contribution in [0, 0.1) is 12.7 Å². The summed E-state index contributed by atoms with van der Waals surface area (Å²) in [7, 11) is 1.41. The molecule has 3 amide bonds. The van der Waals surface area contributed by atoms with Gasteiger partial charge in [-0.3, -0.25) is 4.79 Å². The van der Waals surface area contributed by atoms with E-state index in [1.54, 1.807) is 12.1 Å². The Morgan fingerprint density at radius 1 is 1.00 bits per heavy atom. The van der Waals surface area contributed by atoms with E-state index in [-0.39, 0.29) is 26.2 Å². The first-order chi connectivity index (χ1) is 17.6. The average molecular weight is 538 g/mol. The van der Waals surface area contributed by atoms with Crippen molar-refractivity contribution in [3.8, 4) is 0 Å². The monoisotopic (exact) mass is 537 g/mol. The van der Waals surface area contributed by atoms with Crippen molar-refractivity contribution >= 4 is 29.0 Å². The van der Waals surface area contributed by atoms with Gasteiger partial charge in [-0.25, -0.2) is 9.18 Å². The van der Waals surface area contributed by atoms with E-state index in [1.165, 1.54) is 47.6 Å². The number of amides is 3. The molecule has 0 radical (unpaired) electrons. The van der Waals surface area contributed by atoms with Crippen LogP contribution in [-0.4, -0.2) is 48.5 Å². The average Bonchev–Trinajstić information content (AvgIpc) is 3.26. The van der Waals surface area contributed by atoms with Crippen LogP contribution < -0.4 is 5.32 Å². The minimum atomic E-state index is -4.67. The van der Waals surface area contributed by atoms with Crippen LogP contribution in [0.2, 0.25) is 0 Å². The molecule has 0 aliphatic carbocycles. The predicted octanol–water partition coefficient (Wildman–Crippen LogP) is 5.92. The molecule has 1 aromatic heterocycles. The number of urea groups is 1. The number of para-hydroxylation sites is 1. The Bertz CT molecular complexity index is 1200. The van der Waals surface area contributed by atoms with Gasteiger partial charge in [0.2, 0.25) is 5.91 Å². The Kier molecular flexibility index (Phi) is 9.65. The highest BCUT2D eigenvalue weighted by Crippen LogP contribution is 2.34. The number of carbonyl (C=O) groups excluding carboxylic acids is 2. The van der Waals surface area contributed by atoms with Gasteiger partial charge in [0, 0.05) is 25.1 Å². The highest BCUT2D eigenvalue weighted by molar-refractivity contribution is 7.10.